The molecule has 29 heavy (non-hydrogen) atoms. The van der Waals surface area contributed by atoms with Gasteiger partial charge in [0.25, 0.3) is 0 Å². The van der Waals surface area contributed by atoms with Crippen molar-refractivity contribution in [3.05, 3.63) is 88.5 Å². The van der Waals surface area contributed by atoms with Crippen molar-refractivity contribution in [3.8, 4) is 5.69 Å². The molecule has 2 aromatic carbocycles. The van der Waals surface area contributed by atoms with Crippen molar-refractivity contribution in [2.75, 3.05) is 12.0 Å². The first-order chi connectivity index (χ1) is 13.8. The van der Waals surface area contributed by atoms with Crippen LogP contribution < -0.4 is 5.32 Å². The molecule has 3 rings (SSSR count). The van der Waals surface area contributed by atoms with Gasteiger partial charge in [-0.1, -0.05) is 30.3 Å². The van der Waals surface area contributed by atoms with E-state index in [9.17, 15) is 17.4 Å². The van der Waals surface area contributed by atoms with Gasteiger partial charge in [0, 0.05) is 46.8 Å². The van der Waals surface area contributed by atoms with Gasteiger partial charge in [-0.15, -0.1) is 0 Å². The number of hydrogen-bond donors (Lipinski definition) is 1. The Morgan fingerprint density at radius 3 is 2.38 bits per heavy atom. The molecule has 0 amide bonds. The monoisotopic (exact) mass is 420 g/mol. The lowest BCUT2D eigenvalue weighted by Gasteiger charge is -2.18. The molecule has 0 spiro atoms. The maximum Gasteiger partial charge on any atom is 0.196 e. The van der Waals surface area contributed by atoms with Crippen molar-refractivity contribution in [2.45, 2.75) is 26.4 Å². The van der Waals surface area contributed by atoms with Gasteiger partial charge in [-0.3, -0.25) is 4.21 Å². The summed E-state index contributed by atoms with van der Waals surface area (Å²) in [5, 5.41) is 3.42. The average molecular weight is 421 g/mol. The van der Waals surface area contributed by atoms with Crippen LogP contribution in [0.25, 0.3) is 5.69 Å². The lowest BCUT2D eigenvalue weighted by Crippen LogP contribution is -2.26. The molecule has 1 N–H and O–H groups in total. The molecule has 154 valence electrons. The third-order valence-electron chi connectivity index (χ3n) is 4.93. The number of aromatic nitrogens is 1. The molecule has 1 aromatic heterocycles. The van der Waals surface area contributed by atoms with Gasteiger partial charge in [0.15, 0.2) is 17.5 Å². The quantitative estimate of drug-likeness (QED) is 0.561. The van der Waals surface area contributed by atoms with E-state index >= 15 is 0 Å². The minimum atomic E-state index is -1.48. The number of benzene rings is 2. The fraction of sp³-hybridized carbons (Fsp3) is 0.273. The highest BCUT2D eigenvalue weighted by Gasteiger charge is 2.20. The Morgan fingerprint density at radius 1 is 1.03 bits per heavy atom. The second kappa shape index (κ2) is 8.97. The van der Waals surface area contributed by atoms with E-state index in [-0.39, 0.29) is 11.7 Å². The number of hydrogen-bond acceptors (Lipinski definition) is 2. The predicted molar refractivity (Wildman–Crippen MR) is 110 cm³/mol. The highest BCUT2D eigenvalue weighted by Crippen LogP contribution is 2.26. The van der Waals surface area contributed by atoms with Gasteiger partial charge in [-0.05, 0) is 43.2 Å². The highest BCUT2D eigenvalue weighted by atomic mass is 32.2. The predicted octanol–water partition coefficient (Wildman–Crippen LogP) is 4.72. The van der Waals surface area contributed by atoms with Crippen molar-refractivity contribution in [1.82, 2.24) is 9.88 Å². The van der Waals surface area contributed by atoms with Crippen LogP contribution >= 0.6 is 0 Å². The third-order valence-corrected chi connectivity index (χ3v) is 5.74. The van der Waals surface area contributed by atoms with E-state index in [1.54, 1.807) is 24.7 Å². The first-order valence-electron chi connectivity index (χ1n) is 9.19. The lowest BCUT2D eigenvalue weighted by atomic mass is 10.1. The molecule has 0 saturated heterocycles. The zero-order valence-corrected chi connectivity index (χ0v) is 17.3. The van der Waals surface area contributed by atoms with E-state index in [0.717, 1.165) is 22.9 Å². The van der Waals surface area contributed by atoms with Crippen molar-refractivity contribution < 1.29 is 17.4 Å². The summed E-state index contributed by atoms with van der Waals surface area (Å²) in [6.45, 7) is 4.05. The summed E-state index contributed by atoms with van der Waals surface area (Å²) in [7, 11) is -0.991. The number of rotatable bonds is 7. The molecule has 3 aromatic rings. The summed E-state index contributed by atoms with van der Waals surface area (Å²) in [6, 6.07) is 13.7. The minimum absolute atomic E-state index is 0.0283. The molecule has 0 saturated carbocycles. The summed E-state index contributed by atoms with van der Waals surface area (Å²) in [4.78, 5) is 0. The normalized spacial score (nSPS) is 13.4. The Morgan fingerprint density at radius 2 is 1.72 bits per heavy atom. The van der Waals surface area contributed by atoms with E-state index < -0.39 is 28.3 Å². The highest BCUT2D eigenvalue weighted by molar-refractivity contribution is 7.84. The molecule has 7 heteroatoms. The summed E-state index contributed by atoms with van der Waals surface area (Å²) < 4.78 is 54.7. The summed E-state index contributed by atoms with van der Waals surface area (Å²) in [5.74, 6) is -3.45. The molecule has 0 bridgehead atoms. The van der Waals surface area contributed by atoms with Crippen LogP contribution in [0.15, 0.2) is 48.5 Å². The lowest BCUT2D eigenvalue weighted by molar-refractivity contribution is 0.444. The molecule has 0 unspecified atom stereocenters. The Labute approximate surface area is 171 Å². The zero-order valence-electron chi connectivity index (χ0n) is 16.5. The van der Waals surface area contributed by atoms with E-state index in [1.807, 2.05) is 36.4 Å². The fourth-order valence-electron chi connectivity index (χ4n) is 3.49. The van der Waals surface area contributed by atoms with Crippen LogP contribution in [0.2, 0.25) is 0 Å². The van der Waals surface area contributed by atoms with Crippen molar-refractivity contribution in [2.24, 2.45) is 0 Å². The van der Waals surface area contributed by atoms with Gasteiger partial charge < -0.3 is 9.88 Å². The summed E-state index contributed by atoms with van der Waals surface area (Å²) >= 11 is 0. The van der Waals surface area contributed by atoms with E-state index in [0.29, 0.717) is 18.0 Å². The van der Waals surface area contributed by atoms with E-state index in [4.69, 9.17) is 0 Å². The number of aryl methyl sites for hydroxylation is 1. The third kappa shape index (κ3) is 4.62. The smallest absolute Gasteiger partial charge is 0.196 e. The van der Waals surface area contributed by atoms with E-state index in [2.05, 4.69) is 5.32 Å². The number of nitrogens with one attached hydrogen (secondary N) is 1. The fourth-order valence-corrected chi connectivity index (χ4v) is 4.27. The van der Waals surface area contributed by atoms with Crippen LogP contribution in [-0.4, -0.2) is 20.8 Å². The molecule has 0 fully saturated rings. The molecule has 0 radical (unpaired) electrons. The van der Waals surface area contributed by atoms with Crippen LogP contribution in [0.3, 0.4) is 0 Å². The van der Waals surface area contributed by atoms with Crippen LogP contribution in [0.4, 0.5) is 13.2 Å². The topological polar surface area (TPSA) is 34.0 Å². The summed E-state index contributed by atoms with van der Waals surface area (Å²) in [5.41, 5.74) is 3.33. The SMILES string of the molecule is Cc1cc(CN[C@H](C[S@](C)=O)c2ccccc2)c(C)n1-c1ccc(F)c(F)c1F. The van der Waals surface area contributed by atoms with Crippen molar-refractivity contribution in [3.63, 3.8) is 0 Å². The second-order valence-electron chi connectivity index (χ2n) is 7.01. The average Bonchev–Trinajstić information content (AvgIpc) is 2.97. The number of halogens is 3. The molecule has 3 nitrogen and oxygen atoms in total. The molecular weight excluding hydrogens is 397 g/mol. The van der Waals surface area contributed by atoms with Crippen LogP contribution in [0.1, 0.15) is 28.6 Å². The Kier molecular flexibility index (Phi) is 6.59. The number of nitrogens with zero attached hydrogens (tertiary/aromatic N) is 1. The Hall–Kier alpha value is -2.38. The molecular formula is C22H23F3N2OS. The van der Waals surface area contributed by atoms with Crippen molar-refractivity contribution >= 4 is 10.8 Å². The van der Waals surface area contributed by atoms with Gasteiger partial charge in [0.2, 0.25) is 0 Å². The molecule has 2 atom stereocenters. The molecule has 0 aliphatic rings. The summed E-state index contributed by atoms with van der Waals surface area (Å²) in [6.07, 6.45) is 1.66. The van der Waals surface area contributed by atoms with Gasteiger partial charge in [0.1, 0.15) is 0 Å². The van der Waals surface area contributed by atoms with Crippen LogP contribution in [-0.2, 0) is 17.3 Å². The standard InChI is InChI=1S/C22H23F3N2OS/c1-14-11-17(12-26-19(13-29(3)28)16-7-5-4-6-8-16)15(2)27(14)20-10-9-18(23)21(24)22(20)25/h4-11,19,26H,12-13H2,1-3H3/t19-,29+/m1/s1. The molecule has 0 aliphatic carbocycles. The van der Waals surface area contributed by atoms with Gasteiger partial charge in [-0.2, -0.15) is 0 Å². The second-order valence-corrected chi connectivity index (χ2v) is 8.49. The first-order valence-corrected chi connectivity index (χ1v) is 10.9. The zero-order chi connectivity index (χ0) is 21.1. The largest absolute Gasteiger partial charge is 0.315 e. The van der Waals surface area contributed by atoms with Gasteiger partial charge in [0.05, 0.1) is 5.69 Å². The minimum Gasteiger partial charge on any atom is -0.315 e. The van der Waals surface area contributed by atoms with Crippen molar-refractivity contribution in [1.29, 1.82) is 0 Å². The maximum atomic E-state index is 14.3. The Balaban J connectivity index is 1.88. The molecule has 0 aliphatic heterocycles. The maximum absolute atomic E-state index is 14.3. The first kappa shape index (κ1) is 21.3. The van der Waals surface area contributed by atoms with Gasteiger partial charge in [-0.25, -0.2) is 13.2 Å². The Bertz CT molecular complexity index is 1030. The van der Waals surface area contributed by atoms with Crippen LogP contribution in [0, 0.1) is 31.3 Å². The van der Waals surface area contributed by atoms with Gasteiger partial charge >= 0.3 is 0 Å². The van der Waals surface area contributed by atoms with E-state index in [1.165, 1.54) is 6.07 Å². The van der Waals surface area contributed by atoms with Crippen LogP contribution in [0.5, 0.6) is 0 Å². The molecule has 1 heterocycles.